The number of methoxy groups -OCH3 is 1. The van der Waals surface area contributed by atoms with E-state index in [-0.39, 0.29) is 0 Å². The number of carbonyl (C=O) groups is 1. The third-order valence-electron chi connectivity index (χ3n) is 2.85. The molecule has 0 spiro atoms. The molecule has 0 saturated carbocycles. The van der Waals surface area contributed by atoms with Crippen LogP contribution in [0.4, 0.5) is 0 Å². The molecule has 0 unspecified atom stereocenters. The molecule has 2 heterocycles. The van der Waals surface area contributed by atoms with Crippen LogP contribution in [0.2, 0.25) is 0 Å². The van der Waals surface area contributed by atoms with E-state index in [1.807, 2.05) is 30.5 Å². The van der Waals surface area contributed by atoms with Crippen molar-refractivity contribution < 1.29 is 9.53 Å². The minimum atomic E-state index is 0.546. The molecular formula is C13H10N2O2. The van der Waals surface area contributed by atoms with Gasteiger partial charge >= 0.3 is 0 Å². The summed E-state index contributed by atoms with van der Waals surface area (Å²) in [5, 5.41) is 2.04. The number of rotatable bonds is 2. The summed E-state index contributed by atoms with van der Waals surface area (Å²) in [6.45, 7) is 0. The van der Waals surface area contributed by atoms with Crippen molar-refractivity contribution in [1.29, 1.82) is 0 Å². The molecule has 0 atom stereocenters. The highest BCUT2D eigenvalue weighted by molar-refractivity contribution is 5.96. The first kappa shape index (κ1) is 9.84. The zero-order chi connectivity index (χ0) is 11.8. The predicted molar refractivity (Wildman–Crippen MR) is 64.6 cm³/mol. The Morgan fingerprint density at radius 1 is 1.35 bits per heavy atom. The first-order valence-electron chi connectivity index (χ1n) is 5.22. The molecule has 3 aromatic rings. The van der Waals surface area contributed by atoms with Crippen molar-refractivity contribution in [3.63, 3.8) is 0 Å². The molecule has 0 saturated heterocycles. The summed E-state index contributed by atoms with van der Waals surface area (Å²) in [6.07, 6.45) is 4.22. The van der Waals surface area contributed by atoms with Gasteiger partial charge < -0.3 is 4.74 Å². The summed E-state index contributed by atoms with van der Waals surface area (Å²) < 4.78 is 6.97. The van der Waals surface area contributed by atoms with Gasteiger partial charge in [0.1, 0.15) is 17.1 Å². The Kier molecular flexibility index (Phi) is 2.08. The zero-order valence-electron chi connectivity index (χ0n) is 9.25. The van der Waals surface area contributed by atoms with Gasteiger partial charge in [-0.15, -0.1) is 0 Å². The quantitative estimate of drug-likeness (QED) is 0.630. The van der Waals surface area contributed by atoms with Crippen molar-refractivity contribution in [3.05, 3.63) is 42.4 Å². The highest BCUT2D eigenvalue weighted by Gasteiger charge is 2.06. The lowest BCUT2D eigenvalue weighted by Gasteiger charge is -2.04. The predicted octanol–water partition coefficient (Wildman–Crippen LogP) is 2.31. The van der Waals surface area contributed by atoms with E-state index in [0.717, 1.165) is 28.5 Å². The van der Waals surface area contributed by atoms with Crippen molar-refractivity contribution in [2.45, 2.75) is 0 Å². The van der Waals surface area contributed by atoms with Crippen LogP contribution in [0.25, 0.3) is 16.4 Å². The molecule has 0 radical (unpaired) electrons. The fourth-order valence-electron chi connectivity index (χ4n) is 1.97. The molecule has 17 heavy (non-hydrogen) atoms. The van der Waals surface area contributed by atoms with Crippen molar-refractivity contribution in [2.24, 2.45) is 0 Å². The second-order valence-corrected chi connectivity index (χ2v) is 3.76. The number of fused-ring (bicyclic) bond motifs is 3. The number of aldehydes is 1. The van der Waals surface area contributed by atoms with E-state index in [4.69, 9.17) is 4.74 Å². The third kappa shape index (κ3) is 1.38. The number of imidazole rings is 1. The molecule has 0 N–H and O–H groups in total. The van der Waals surface area contributed by atoms with Crippen LogP contribution in [0.15, 0.2) is 36.7 Å². The van der Waals surface area contributed by atoms with Crippen molar-refractivity contribution in [2.75, 3.05) is 7.11 Å². The van der Waals surface area contributed by atoms with Crippen LogP contribution in [0.5, 0.6) is 5.75 Å². The van der Waals surface area contributed by atoms with Crippen LogP contribution in [0.3, 0.4) is 0 Å². The van der Waals surface area contributed by atoms with Gasteiger partial charge in [0.25, 0.3) is 0 Å². The topological polar surface area (TPSA) is 43.6 Å². The summed E-state index contributed by atoms with van der Waals surface area (Å²) in [5.41, 5.74) is 1.31. The molecule has 4 nitrogen and oxygen atoms in total. The van der Waals surface area contributed by atoms with Gasteiger partial charge in [-0.2, -0.15) is 0 Å². The fourth-order valence-corrected chi connectivity index (χ4v) is 1.97. The summed E-state index contributed by atoms with van der Waals surface area (Å²) in [4.78, 5) is 15.1. The number of pyridine rings is 1. The van der Waals surface area contributed by atoms with Gasteiger partial charge in [-0.1, -0.05) is 6.07 Å². The summed E-state index contributed by atoms with van der Waals surface area (Å²) in [5.74, 6) is 0.779. The standard InChI is InChI=1S/C13H10N2O2/c1-17-11-3-2-9-4-5-15-10(8-16)7-14-13(15)12(9)6-11/h2-8H,1H3. The average Bonchev–Trinajstić information content (AvgIpc) is 2.81. The van der Waals surface area contributed by atoms with Crippen LogP contribution in [0.1, 0.15) is 10.5 Å². The van der Waals surface area contributed by atoms with Gasteiger partial charge in [-0.3, -0.25) is 9.20 Å². The lowest BCUT2D eigenvalue weighted by atomic mass is 10.1. The zero-order valence-corrected chi connectivity index (χ0v) is 9.25. The van der Waals surface area contributed by atoms with Crippen LogP contribution >= 0.6 is 0 Å². The first-order valence-corrected chi connectivity index (χ1v) is 5.22. The Hall–Kier alpha value is -2.36. The number of nitrogens with zero attached hydrogens (tertiary/aromatic N) is 2. The van der Waals surface area contributed by atoms with Crippen LogP contribution in [0, 0.1) is 0 Å². The van der Waals surface area contributed by atoms with Crippen LogP contribution in [-0.4, -0.2) is 22.8 Å². The van der Waals surface area contributed by atoms with Gasteiger partial charge in [-0.25, -0.2) is 4.98 Å². The number of hydrogen-bond acceptors (Lipinski definition) is 3. The second kappa shape index (κ2) is 3.59. The molecule has 84 valence electrons. The van der Waals surface area contributed by atoms with Crippen molar-refractivity contribution in [1.82, 2.24) is 9.38 Å². The average molecular weight is 226 g/mol. The molecule has 3 rings (SSSR count). The van der Waals surface area contributed by atoms with Crippen molar-refractivity contribution in [3.8, 4) is 5.75 Å². The smallest absolute Gasteiger partial charge is 0.168 e. The Morgan fingerprint density at radius 3 is 3.00 bits per heavy atom. The highest BCUT2D eigenvalue weighted by Crippen LogP contribution is 2.24. The number of ether oxygens (including phenoxy) is 1. The van der Waals surface area contributed by atoms with E-state index in [1.165, 1.54) is 0 Å². The Morgan fingerprint density at radius 2 is 2.24 bits per heavy atom. The molecule has 0 fully saturated rings. The normalized spacial score (nSPS) is 10.9. The van der Waals surface area contributed by atoms with E-state index in [0.29, 0.717) is 5.69 Å². The Labute approximate surface area is 97.5 Å². The Balaban J connectivity index is 2.44. The molecule has 0 aliphatic rings. The molecular weight excluding hydrogens is 216 g/mol. The third-order valence-corrected chi connectivity index (χ3v) is 2.85. The van der Waals surface area contributed by atoms with Gasteiger partial charge in [0, 0.05) is 11.6 Å². The number of carbonyl (C=O) groups excluding carboxylic acids is 1. The summed E-state index contributed by atoms with van der Waals surface area (Å²) in [7, 11) is 1.63. The van der Waals surface area contributed by atoms with E-state index in [1.54, 1.807) is 17.7 Å². The van der Waals surface area contributed by atoms with E-state index in [2.05, 4.69) is 4.98 Å². The first-order chi connectivity index (χ1) is 8.33. The number of benzene rings is 1. The molecule has 0 aliphatic carbocycles. The van der Waals surface area contributed by atoms with E-state index >= 15 is 0 Å². The van der Waals surface area contributed by atoms with Gasteiger partial charge in [0.15, 0.2) is 6.29 Å². The Bertz CT molecular complexity index is 716. The molecule has 1 aromatic carbocycles. The van der Waals surface area contributed by atoms with Crippen molar-refractivity contribution >= 4 is 22.7 Å². The molecule has 0 bridgehead atoms. The van der Waals surface area contributed by atoms with Gasteiger partial charge in [0.2, 0.25) is 0 Å². The second-order valence-electron chi connectivity index (χ2n) is 3.76. The van der Waals surface area contributed by atoms with Gasteiger partial charge in [-0.05, 0) is 23.6 Å². The van der Waals surface area contributed by atoms with Gasteiger partial charge in [0.05, 0.1) is 13.3 Å². The number of hydrogen-bond donors (Lipinski definition) is 0. The molecule has 0 aliphatic heterocycles. The molecule has 4 heteroatoms. The fraction of sp³-hybridized carbons (Fsp3) is 0.0769. The monoisotopic (exact) mass is 226 g/mol. The maximum atomic E-state index is 10.9. The highest BCUT2D eigenvalue weighted by atomic mass is 16.5. The maximum Gasteiger partial charge on any atom is 0.168 e. The van der Waals surface area contributed by atoms with Crippen LogP contribution < -0.4 is 4.74 Å². The van der Waals surface area contributed by atoms with E-state index in [9.17, 15) is 4.79 Å². The molecule has 0 amide bonds. The van der Waals surface area contributed by atoms with Crippen LogP contribution in [-0.2, 0) is 0 Å². The minimum Gasteiger partial charge on any atom is -0.497 e. The minimum absolute atomic E-state index is 0.546. The SMILES string of the molecule is COc1ccc2ccn3c(C=O)cnc3c2c1. The lowest BCUT2D eigenvalue weighted by molar-refractivity contribution is 0.111. The van der Waals surface area contributed by atoms with E-state index < -0.39 is 0 Å². The molecule has 2 aromatic heterocycles. The largest absolute Gasteiger partial charge is 0.497 e. The summed E-state index contributed by atoms with van der Waals surface area (Å²) >= 11 is 0. The number of aromatic nitrogens is 2. The lowest BCUT2D eigenvalue weighted by Crippen LogP contribution is -1.91. The summed E-state index contributed by atoms with van der Waals surface area (Å²) in [6, 6.07) is 7.76. The maximum absolute atomic E-state index is 10.9.